The second kappa shape index (κ2) is 15.3. The molecule has 0 aliphatic rings. The van der Waals surface area contributed by atoms with E-state index in [1.807, 2.05) is 0 Å². The van der Waals surface area contributed by atoms with E-state index in [-0.39, 0.29) is 6.42 Å². The van der Waals surface area contributed by atoms with Crippen molar-refractivity contribution in [3.8, 4) is 11.5 Å². The van der Waals surface area contributed by atoms with Crippen LogP contribution in [0.1, 0.15) is 22.3 Å². The van der Waals surface area contributed by atoms with Gasteiger partial charge >= 0.3 is 0 Å². The first-order valence-corrected chi connectivity index (χ1v) is 13.3. The molecule has 0 fully saturated rings. The predicted molar refractivity (Wildman–Crippen MR) is 157 cm³/mol. The van der Waals surface area contributed by atoms with Gasteiger partial charge in [0.25, 0.3) is 0 Å². The average Bonchev–Trinajstić information content (AvgIpc) is 3.08. The highest BCUT2D eigenvalue weighted by Crippen LogP contribution is 2.41. The van der Waals surface area contributed by atoms with Crippen LogP contribution in [0.15, 0.2) is 18.2 Å². The molecule has 0 bridgehead atoms. The summed E-state index contributed by atoms with van der Waals surface area (Å²) in [4.78, 5) is 13.5. The van der Waals surface area contributed by atoms with Crippen molar-refractivity contribution < 1.29 is 44.6 Å². The molecule has 1 heterocycles. The van der Waals surface area contributed by atoms with Crippen molar-refractivity contribution in [2.24, 2.45) is 0 Å². The van der Waals surface area contributed by atoms with Crippen LogP contribution >= 0.6 is 23.2 Å². The number of hydrogen-bond donors (Lipinski definition) is 0. The Morgan fingerprint density at radius 3 is 1.40 bits per heavy atom. The number of aromatic nitrogens is 1. The summed E-state index contributed by atoms with van der Waals surface area (Å²) < 4.78 is 122. The Bertz CT molecular complexity index is 2110. The minimum Gasteiger partial charge on any atom is -0.497 e. The fraction of sp³-hybridized carbons (Fsp3) is 0.129. The van der Waals surface area contributed by atoms with Crippen molar-refractivity contribution in [3.05, 3.63) is 143 Å². The van der Waals surface area contributed by atoms with Gasteiger partial charge in [-0.1, -0.05) is 29.3 Å². The molecule has 0 atom stereocenters. The van der Waals surface area contributed by atoms with E-state index in [1.54, 1.807) is 6.07 Å². The quantitative estimate of drug-likeness (QED) is 0.0867. The second-order valence-corrected chi connectivity index (χ2v) is 9.77. The van der Waals surface area contributed by atoms with Gasteiger partial charge < -0.3 is 9.47 Å². The van der Waals surface area contributed by atoms with Crippen LogP contribution in [0.2, 0.25) is 10.0 Å². The van der Waals surface area contributed by atoms with Crippen LogP contribution in [0.5, 0.6) is 11.5 Å². The topological polar surface area (TPSA) is 48.8 Å². The average molecular weight is 710 g/mol. The third-order valence-electron chi connectivity index (χ3n) is 6.48. The van der Waals surface area contributed by atoms with E-state index in [9.17, 15) is 35.1 Å². The minimum absolute atomic E-state index is 0.298. The maximum atomic E-state index is 14.4. The molecule has 0 N–H and O–H groups in total. The number of ether oxygens (including phenoxy) is 2. The van der Waals surface area contributed by atoms with Gasteiger partial charge in [-0.05, 0) is 11.6 Å². The standard InChI is InChI=1S/C17H11F3N2O2.C14H2Cl2F5N3/c1-21-16-14(19)11(13(18)15(20)17(16)22-2)7-9-5-6-10(23-3)8-12(9)24-4;1-22-11-9(18)5(8(17)10(19)12(11)23-2)3-4-6(15)13(20)24-14(21)7(4)16/h5-6,8H,7H2,3-4H3;3H2. The van der Waals surface area contributed by atoms with Crippen LogP contribution in [0, 0.1) is 73.1 Å². The van der Waals surface area contributed by atoms with E-state index in [4.69, 9.17) is 59.0 Å². The van der Waals surface area contributed by atoms with Crippen molar-refractivity contribution in [1.29, 1.82) is 0 Å². The zero-order valence-electron chi connectivity index (χ0n) is 24.0. The first kappa shape index (κ1) is 36.9. The Labute approximate surface area is 276 Å². The van der Waals surface area contributed by atoms with E-state index < -0.39 is 103 Å². The molecule has 0 radical (unpaired) electrons. The van der Waals surface area contributed by atoms with Crippen LogP contribution in [-0.2, 0) is 12.8 Å². The molecular formula is C31H13Cl2F8N5O2. The Morgan fingerprint density at radius 1 is 0.583 bits per heavy atom. The number of rotatable bonds is 6. The number of pyridine rings is 1. The number of halogens is 10. The number of methoxy groups -OCH3 is 2. The van der Waals surface area contributed by atoms with Crippen LogP contribution in [0.25, 0.3) is 19.4 Å². The highest BCUT2D eigenvalue weighted by molar-refractivity contribution is 6.36. The first-order valence-electron chi connectivity index (χ1n) is 12.5. The van der Waals surface area contributed by atoms with Gasteiger partial charge in [0.1, 0.15) is 33.2 Å². The van der Waals surface area contributed by atoms with Crippen molar-refractivity contribution in [1.82, 2.24) is 4.98 Å². The lowest BCUT2D eigenvalue weighted by atomic mass is 10.0. The number of hydrogen-bond acceptors (Lipinski definition) is 3. The molecule has 3 aromatic carbocycles. The van der Waals surface area contributed by atoms with Gasteiger partial charge in [-0.15, -0.1) is 0 Å². The Morgan fingerprint density at radius 2 is 1.00 bits per heavy atom. The van der Waals surface area contributed by atoms with Crippen molar-refractivity contribution in [2.45, 2.75) is 12.8 Å². The molecule has 0 saturated carbocycles. The van der Waals surface area contributed by atoms with Crippen LogP contribution in [0.3, 0.4) is 0 Å². The van der Waals surface area contributed by atoms with Gasteiger partial charge in [0.2, 0.25) is 34.6 Å². The van der Waals surface area contributed by atoms with Gasteiger partial charge in [0.05, 0.1) is 40.5 Å². The molecule has 17 heteroatoms. The lowest BCUT2D eigenvalue weighted by Gasteiger charge is -2.13. The maximum Gasteiger partial charge on any atom is 0.235 e. The molecule has 48 heavy (non-hydrogen) atoms. The molecule has 4 aromatic rings. The number of benzene rings is 3. The fourth-order valence-corrected chi connectivity index (χ4v) is 4.59. The SMILES string of the molecule is [C-]#[N+]c1c(F)c(F)c(Cc2c(Cl)c(F)nc(F)c2Cl)c(F)c1[N+]#[C-].[C-]#[N+]c1c(F)c(F)c(Cc2ccc(OC)cc2OC)c(F)c1[N+]#[C-]. The van der Waals surface area contributed by atoms with Gasteiger partial charge in [0.15, 0.2) is 23.3 Å². The highest BCUT2D eigenvalue weighted by Gasteiger charge is 2.28. The highest BCUT2D eigenvalue weighted by atomic mass is 35.5. The summed E-state index contributed by atoms with van der Waals surface area (Å²) in [7, 11) is 2.83. The summed E-state index contributed by atoms with van der Waals surface area (Å²) >= 11 is 11.1. The van der Waals surface area contributed by atoms with Crippen molar-refractivity contribution in [2.75, 3.05) is 14.2 Å². The smallest absolute Gasteiger partial charge is 0.235 e. The minimum atomic E-state index is -1.78. The van der Waals surface area contributed by atoms with Crippen molar-refractivity contribution >= 4 is 46.0 Å². The number of nitrogens with zero attached hydrogens (tertiary/aromatic N) is 5. The Balaban J connectivity index is 0.000000260. The van der Waals surface area contributed by atoms with E-state index >= 15 is 0 Å². The summed E-state index contributed by atoms with van der Waals surface area (Å²) in [6.45, 7) is 27.2. The van der Waals surface area contributed by atoms with E-state index in [1.165, 1.54) is 26.4 Å². The predicted octanol–water partition coefficient (Wildman–Crippen LogP) is 10.6. The summed E-state index contributed by atoms with van der Waals surface area (Å²) in [5.41, 5.74) is -5.84. The fourth-order valence-electron chi connectivity index (χ4n) is 4.14. The monoisotopic (exact) mass is 709 g/mol. The van der Waals surface area contributed by atoms with Crippen LogP contribution in [-0.4, -0.2) is 19.2 Å². The van der Waals surface area contributed by atoms with E-state index in [0.29, 0.717) is 17.1 Å². The Hall–Kier alpha value is -5.61. The zero-order chi connectivity index (χ0) is 36.0. The van der Waals surface area contributed by atoms with Crippen LogP contribution < -0.4 is 9.47 Å². The third kappa shape index (κ3) is 6.89. The summed E-state index contributed by atoms with van der Waals surface area (Å²) in [6.07, 6.45) is -1.30. The first-order chi connectivity index (χ1) is 22.7. The maximum absolute atomic E-state index is 14.4. The molecule has 7 nitrogen and oxygen atoms in total. The summed E-state index contributed by atoms with van der Waals surface area (Å²) in [6, 6.07) is 4.60. The van der Waals surface area contributed by atoms with Gasteiger partial charge in [-0.3, -0.25) is 0 Å². The molecule has 0 spiro atoms. The lowest BCUT2D eigenvalue weighted by molar-refractivity contribution is 0.391. The van der Waals surface area contributed by atoms with Gasteiger partial charge in [-0.2, -0.15) is 13.8 Å². The Kier molecular flexibility index (Phi) is 11.8. The summed E-state index contributed by atoms with van der Waals surface area (Å²) in [5, 5.41) is -1.61. The largest absolute Gasteiger partial charge is 0.497 e. The van der Waals surface area contributed by atoms with Gasteiger partial charge in [0, 0.05) is 35.6 Å². The normalized spacial score (nSPS) is 10.2. The summed E-state index contributed by atoms with van der Waals surface area (Å²) in [5.74, 6) is -11.5. The molecule has 0 amide bonds. The van der Waals surface area contributed by atoms with E-state index in [2.05, 4.69) is 24.4 Å². The molecule has 0 aliphatic heterocycles. The molecule has 244 valence electrons. The third-order valence-corrected chi connectivity index (χ3v) is 7.24. The molecule has 0 aliphatic carbocycles. The van der Waals surface area contributed by atoms with Crippen molar-refractivity contribution in [3.63, 3.8) is 0 Å². The lowest BCUT2D eigenvalue weighted by Crippen LogP contribution is -2.05. The molecule has 4 rings (SSSR count). The molecule has 0 unspecified atom stereocenters. The zero-order valence-corrected chi connectivity index (χ0v) is 25.5. The van der Waals surface area contributed by atoms with Gasteiger partial charge in [-0.25, -0.2) is 45.7 Å². The molecule has 1 aromatic heterocycles. The molecular weight excluding hydrogens is 697 g/mol. The van der Waals surface area contributed by atoms with Crippen LogP contribution in [0.4, 0.5) is 57.9 Å². The van der Waals surface area contributed by atoms with E-state index in [0.717, 1.165) is 0 Å². The molecule has 0 saturated heterocycles. The second-order valence-electron chi connectivity index (χ2n) is 9.01.